The van der Waals surface area contributed by atoms with E-state index in [2.05, 4.69) is 27.2 Å². The Balaban J connectivity index is 1.45. The molecule has 1 aliphatic heterocycles. The summed E-state index contributed by atoms with van der Waals surface area (Å²) in [6, 6.07) is 0.236. The number of fused-ring (bicyclic) bond motifs is 1. The minimum atomic E-state index is 0.236. The van der Waals surface area contributed by atoms with Gasteiger partial charge in [0, 0.05) is 31.6 Å². The average Bonchev–Trinajstić information content (AvgIpc) is 3.34. The van der Waals surface area contributed by atoms with E-state index in [4.69, 9.17) is 0 Å². The van der Waals surface area contributed by atoms with Crippen LogP contribution < -0.4 is 5.32 Å². The summed E-state index contributed by atoms with van der Waals surface area (Å²) in [6.45, 7) is 4.50. The predicted octanol–water partition coefficient (Wildman–Crippen LogP) is 2.05. The summed E-state index contributed by atoms with van der Waals surface area (Å²) in [5.41, 5.74) is 1.66. The zero-order chi connectivity index (χ0) is 16.5. The van der Waals surface area contributed by atoms with Crippen LogP contribution in [0.5, 0.6) is 0 Å². The van der Waals surface area contributed by atoms with Crippen molar-refractivity contribution in [2.45, 2.75) is 51.6 Å². The highest BCUT2D eigenvalue weighted by Crippen LogP contribution is 2.28. The first kappa shape index (κ1) is 15.4. The van der Waals surface area contributed by atoms with Gasteiger partial charge in [0.2, 0.25) is 5.91 Å². The molecule has 0 radical (unpaired) electrons. The van der Waals surface area contributed by atoms with Gasteiger partial charge in [-0.05, 0) is 26.2 Å². The molecule has 1 unspecified atom stereocenters. The second-order valence-corrected chi connectivity index (χ2v) is 6.82. The van der Waals surface area contributed by atoms with E-state index in [1.54, 1.807) is 12.7 Å². The molecule has 2 aromatic rings. The summed E-state index contributed by atoms with van der Waals surface area (Å²) in [4.78, 5) is 27.7. The van der Waals surface area contributed by atoms with Crippen LogP contribution in [0.4, 0.5) is 5.82 Å². The van der Waals surface area contributed by atoms with Gasteiger partial charge in [0.15, 0.2) is 11.5 Å². The third-order valence-electron chi connectivity index (χ3n) is 5.29. The van der Waals surface area contributed by atoms with E-state index >= 15 is 0 Å². The molecule has 24 heavy (non-hydrogen) atoms. The van der Waals surface area contributed by atoms with Crippen LogP contribution in [0, 0.1) is 5.92 Å². The van der Waals surface area contributed by atoms with Gasteiger partial charge < -0.3 is 14.8 Å². The molecule has 1 amide bonds. The summed E-state index contributed by atoms with van der Waals surface area (Å²) in [7, 11) is 0. The summed E-state index contributed by atoms with van der Waals surface area (Å²) >= 11 is 0. The average molecular weight is 328 g/mol. The zero-order valence-corrected chi connectivity index (χ0v) is 14.1. The van der Waals surface area contributed by atoms with Crippen LogP contribution in [0.1, 0.15) is 39.0 Å². The normalized spacial score (nSPS) is 21.7. The summed E-state index contributed by atoms with van der Waals surface area (Å²) in [6.07, 6.45) is 8.86. The fraction of sp³-hybridized carbons (Fsp3) is 0.647. The van der Waals surface area contributed by atoms with E-state index in [0.29, 0.717) is 5.91 Å². The van der Waals surface area contributed by atoms with Gasteiger partial charge >= 0.3 is 0 Å². The van der Waals surface area contributed by atoms with Crippen molar-refractivity contribution in [3.05, 3.63) is 12.7 Å². The largest absolute Gasteiger partial charge is 0.364 e. The number of aromatic nitrogens is 4. The first-order valence-electron chi connectivity index (χ1n) is 8.97. The lowest BCUT2D eigenvalue weighted by molar-refractivity contribution is -0.134. The highest BCUT2D eigenvalue weighted by Gasteiger charge is 2.32. The minimum Gasteiger partial charge on any atom is -0.364 e. The number of carbonyl (C=O) groups is 1. The molecule has 0 bridgehead atoms. The van der Waals surface area contributed by atoms with Gasteiger partial charge in [-0.3, -0.25) is 4.79 Å². The molecule has 7 heteroatoms. The topological polar surface area (TPSA) is 75.9 Å². The fourth-order valence-electron chi connectivity index (χ4n) is 3.92. The van der Waals surface area contributed by atoms with Crippen LogP contribution in [0.3, 0.4) is 0 Å². The molecule has 4 rings (SSSR count). The van der Waals surface area contributed by atoms with Crippen LogP contribution in [-0.4, -0.2) is 49.5 Å². The van der Waals surface area contributed by atoms with Crippen molar-refractivity contribution < 1.29 is 4.79 Å². The molecule has 1 saturated heterocycles. The van der Waals surface area contributed by atoms with E-state index in [-0.39, 0.29) is 12.0 Å². The molecular formula is C17H24N6O. The highest BCUT2D eigenvalue weighted by atomic mass is 16.2. The fourth-order valence-corrected chi connectivity index (χ4v) is 3.92. The van der Waals surface area contributed by atoms with Crippen molar-refractivity contribution in [3.63, 3.8) is 0 Å². The Hall–Kier alpha value is -2.18. The summed E-state index contributed by atoms with van der Waals surface area (Å²) in [5.74, 6) is 1.38. The van der Waals surface area contributed by atoms with Crippen LogP contribution in [0.2, 0.25) is 0 Å². The maximum atomic E-state index is 12.6. The smallest absolute Gasteiger partial charge is 0.225 e. The Morgan fingerprint density at radius 3 is 2.88 bits per heavy atom. The molecule has 2 aliphatic rings. The lowest BCUT2D eigenvalue weighted by atomic mass is 10.1. The number of likely N-dealkylation sites (tertiary alicyclic amines) is 1. The van der Waals surface area contributed by atoms with Crippen LogP contribution in [0.25, 0.3) is 11.2 Å². The van der Waals surface area contributed by atoms with Crippen molar-refractivity contribution in [1.29, 1.82) is 0 Å². The lowest BCUT2D eigenvalue weighted by Gasteiger charge is -2.20. The number of aryl methyl sites for hydroxylation is 1. The number of nitrogens with one attached hydrogen (secondary N) is 1. The predicted molar refractivity (Wildman–Crippen MR) is 91.6 cm³/mol. The molecule has 1 saturated carbocycles. The molecule has 128 valence electrons. The molecule has 0 spiro atoms. The maximum Gasteiger partial charge on any atom is 0.225 e. The molecule has 1 atom stereocenters. The minimum absolute atomic E-state index is 0.236. The second kappa shape index (κ2) is 6.37. The number of imidazole rings is 1. The molecule has 2 aromatic heterocycles. The van der Waals surface area contributed by atoms with Gasteiger partial charge in [-0.1, -0.05) is 12.8 Å². The number of rotatable bonds is 4. The Morgan fingerprint density at radius 2 is 2.08 bits per heavy atom. The number of carbonyl (C=O) groups excluding carboxylic acids is 1. The van der Waals surface area contributed by atoms with Gasteiger partial charge in [0.25, 0.3) is 0 Å². The molecule has 7 nitrogen and oxygen atoms in total. The van der Waals surface area contributed by atoms with Crippen molar-refractivity contribution in [2.75, 3.05) is 18.4 Å². The number of hydrogen-bond donors (Lipinski definition) is 1. The molecule has 2 fully saturated rings. The number of hydrogen-bond acceptors (Lipinski definition) is 5. The van der Waals surface area contributed by atoms with Crippen molar-refractivity contribution in [1.82, 2.24) is 24.4 Å². The quantitative estimate of drug-likeness (QED) is 0.929. The van der Waals surface area contributed by atoms with Crippen LogP contribution >= 0.6 is 0 Å². The van der Waals surface area contributed by atoms with Gasteiger partial charge in [-0.25, -0.2) is 15.0 Å². The Kier molecular flexibility index (Phi) is 4.08. The number of nitrogens with zero attached hydrogens (tertiary/aromatic N) is 5. The van der Waals surface area contributed by atoms with Crippen molar-refractivity contribution >= 4 is 22.9 Å². The van der Waals surface area contributed by atoms with Crippen LogP contribution in [-0.2, 0) is 11.3 Å². The standard InChI is InChI=1S/C17H24N6O/c1-2-22-11-20-14-15(18-10-19-16(14)22)21-13-7-8-23(9-13)17(24)12-5-3-4-6-12/h10-13H,2-9H2,1H3,(H,18,19,21). The number of anilines is 1. The monoisotopic (exact) mass is 328 g/mol. The SMILES string of the molecule is CCn1cnc2c(NC3CCN(C(=O)C4CCCC4)C3)ncnc21. The number of amides is 1. The first-order valence-corrected chi connectivity index (χ1v) is 8.97. The van der Waals surface area contributed by atoms with Gasteiger partial charge in [0.1, 0.15) is 11.8 Å². The summed E-state index contributed by atoms with van der Waals surface area (Å²) < 4.78 is 2.01. The summed E-state index contributed by atoms with van der Waals surface area (Å²) in [5, 5.41) is 3.48. The third-order valence-corrected chi connectivity index (χ3v) is 5.29. The van der Waals surface area contributed by atoms with E-state index < -0.39 is 0 Å². The van der Waals surface area contributed by atoms with E-state index in [9.17, 15) is 4.79 Å². The molecule has 0 aromatic carbocycles. The maximum absolute atomic E-state index is 12.6. The first-order chi connectivity index (χ1) is 11.8. The lowest BCUT2D eigenvalue weighted by Crippen LogP contribution is -2.35. The Labute approximate surface area is 141 Å². The third kappa shape index (κ3) is 2.72. The van der Waals surface area contributed by atoms with Crippen molar-refractivity contribution in [2.24, 2.45) is 5.92 Å². The second-order valence-electron chi connectivity index (χ2n) is 6.82. The van der Waals surface area contributed by atoms with Gasteiger partial charge in [-0.15, -0.1) is 0 Å². The highest BCUT2D eigenvalue weighted by molar-refractivity contribution is 5.83. The van der Waals surface area contributed by atoms with Crippen LogP contribution in [0.15, 0.2) is 12.7 Å². The molecule has 3 heterocycles. The Bertz CT molecular complexity index is 736. The zero-order valence-electron chi connectivity index (χ0n) is 14.1. The van der Waals surface area contributed by atoms with Crippen molar-refractivity contribution in [3.8, 4) is 0 Å². The molecular weight excluding hydrogens is 304 g/mol. The van der Waals surface area contributed by atoms with E-state index in [0.717, 1.165) is 55.9 Å². The molecule has 1 aliphatic carbocycles. The molecule has 1 N–H and O–H groups in total. The Morgan fingerprint density at radius 1 is 1.25 bits per heavy atom. The van der Waals surface area contributed by atoms with E-state index in [1.807, 2.05) is 9.47 Å². The van der Waals surface area contributed by atoms with Gasteiger partial charge in [-0.2, -0.15) is 0 Å². The van der Waals surface area contributed by atoms with Gasteiger partial charge in [0.05, 0.1) is 6.33 Å². The van der Waals surface area contributed by atoms with E-state index in [1.165, 1.54) is 12.8 Å².